The fourth-order valence-corrected chi connectivity index (χ4v) is 2.34. The van der Waals surface area contributed by atoms with E-state index < -0.39 is 0 Å². The Bertz CT molecular complexity index is 291. The molecule has 4 nitrogen and oxygen atoms in total. The third kappa shape index (κ3) is 2.99. The van der Waals surface area contributed by atoms with Gasteiger partial charge in [-0.3, -0.25) is 4.79 Å². The first-order valence-corrected chi connectivity index (χ1v) is 6.66. The predicted octanol–water partition coefficient (Wildman–Crippen LogP) is 0.916. The number of nitrogens with one attached hydrogen (secondary N) is 2. The second kappa shape index (κ2) is 4.94. The van der Waals surface area contributed by atoms with Gasteiger partial charge in [0, 0.05) is 12.1 Å². The molecule has 0 radical (unpaired) electrons. The standard InChI is InChI=1S/C13H24N2O2/c1-4-5-14-10-8-17-7-9(10)12(16)15-11-6-13(11,2)3/h9-11,14H,4-8H2,1-3H3,(H,15,16). The summed E-state index contributed by atoms with van der Waals surface area (Å²) in [6.45, 7) is 8.68. The summed E-state index contributed by atoms with van der Waals surface area (Å²) in [5.74, 6) is 0.143. The van der Waals surface area contributed by atoms with Crippen LogP contribution in [0.2, 0.25) is 0 Å². The maximum absolute atomic E-state index is 12.1. The van der Waals surface area contributed by atoms with Crippen molar-refractivity contribution in [1.82, 2.24) is 10.6 Å². The topological polar surface area (TPSA) is 50.4 Å². The van der Waals surface area contributed by atoms with Crippen LogP contribution < -0.4 is 10.6 Å². The van der Waals surface area contributed by atoms with Crippen LogP contribution >= 0.6 is 0 Å². The molecule has 1 aliphatic heterocycles. The molecule has 0 aromatic carbocycles. The van der Waals surface area contributed by atoms with E-state index in [1.165, 1.54) is 0 Å². The Labute approximate surface area is 103 Å². The summed E-state index contributed by atoms with van der Waals surface area (Å²) < 4.78 is 5.42. The Hall–Kier alpha value is -0.610. The van der Waals surface area contributed by atoms with E-state index in [0.717, 1.165) is 19.4 Å². The van der Waals surface area contributed by atoms with Crippen molar-refractivity contribution in [1.29, 1.82) is 0 Å². The summed E-state index contributed by atoms with van der Waals surface area (Å²) in [5, 5.41) is 6.52. The largest absolute Gasteiger partial charge is 0.379 e. The Morgan fingerprint density at radius 1 is 1.41 bits per heavy atom. The maximum Gasteiger partial charge on any atom is 0.227 e. The van der Waals surface area contributed by atoms with Crippen LogP contribution in [0, 0.1) is 11.3 Å². The summed E-state index contributed by atoms with van der Waals surface area (Å²) in [6.07, 6.45) is 2.18. The molecule has 0 bridgehead atoms. The molecular weight excluding hydrogens is 216 g/mol. The van der Waals surface area contributed by atoms with Gasteiger partial charge in [0.1, 0.15) is 0 Å². The molecule has 2 aliphatic rings. The molecule has 3 atom stereocenters. The van der Waals surface area contributed by atoms with Gasteiger partial charge in [-0.15, -0.1) is 0 Å². The summed E-state index contributed by atoms with van der Waals surface area (Å²) in [6, 6.07) is 0.555. The number of carbonyl (C=O) groups excluding carboxylic acids is 1. The Kier molecular flexibility index (Phi) is 3.73. The summed E-state index contributed by atoms with van der Waals surface area (Å²) in [4.78, 5) is 12.1. The van der Waals surface area contributed by atoms with E-state index in [2.05, 4.69) is 31.4 Å². The van der Waals surface area contributed by atoms with Crippen molar-refractivity contribution in [2.75, 3.05) is 19.8 Å². The smallest absolute Gasteiger partial charge is 0.227 e. The molecule has 0 spiro atoms. The SMILES string of the molecule is CCCNC1COCC1C(=O)NC1CC1(C)C. The van der Waals surface area contributed by atoms with Gasteiger partial charge in [-0.05, 0) is 24.8 Å². The molecule has 2 rings (SSSR count). The van der Waals surface area contributed by atoms with Gasteiger partial charge in [0.15, 0.2) is 0 Å². The molecule has 0 aromatic rings. The summed E-state index contributed by atoms with van der Waals surface area (Å²) in [7, 11) is 0. The molecular formula is C13H24N2O2. The van der Waals surface area contributed by atoms with E-state index in [9.17, 15) is 4.79 Å². The van der Waals surface area contributed by atoms with Gasteiger partial charge in [-0.25, -0.2) is 0 Å². The molecule has 4 heteroatoms. The summed E-state index contributed by atoms with van der Waals surface area (Å²) >= 11 is 0. The van der Waals surface area contributed by atoms with Crippen molar-refractivity contribution in [2.24, 2.45) is 11.3 Å². The van der Waals surface area contributed by atoms with E-state index in [0.29, 0.717) is 24.7 Å². The quantitative estimate of drug-likeness (QED) is 0.751. The van der Waals surface area contributed by atoms with Crippen molar-refractivity contribution in [3.05, 3.63) is 0 Å². The third-order valence-electron chi connectivity index (χ3n) is 3.90. The zero-order chi connectivity index (χ0) is 12.5. The third-order valence-corrected chi connectivity index (χ3v) is 3.90. The molecule has 2 fully saturated rings. The van der Waals surface area contributed by atoms with Gasteiger partial charge < -0.3 is 15.4 Å². The first-order valence-electron chi connectivity index (χ1n) is 6.66. The summed E-state index contributed by atoms with van der Waals surface area (Å²) in [5.41, 5.74) is 0.293. The Morgan fingerprint density at radius 2 is 2.12 bits per heavy atom. The van der Waals surface area contributed by atoms with E-state index in [1.54, 1.807) is 0 Å². The molecule has 2 N–H and O–H groups in total. The lowest BCUT2D eigenvalue weighted by Gasteiger charge is -2.18. The average Bonchev–Trinajstić information content (AvgIpc) is 2.71. The van der Waals surface area contributed by atoms with Crippen molar-refractivity contribution in [3.63, 3.8) is 0 Å². The monoisotopic (exact) mass is 240 g/mol. The molecule has 17 heavy (non-hydrogen) atoms. The zero-order valence-electron chi connectivity index (χ0n) is 11.1. The molecule has 1 saturated carbocycles. The van der Waals surface area contributed by atoms with Crippen LogP contribution in [-0.2, 0) is 9.53 Å². The highest BCUT2D eigenvalue weighted by molar-refractivity contribution is 5.80. The molecule has 1 amide bonds. The first kappa shape index (κ1) is 12.8. The number of carbonyl (C=O) groups is 1. The highest BCUT2D eigenvalue weighted by atomic mass is 16.5. The van der Waals surface area contributed by atoms with Crippen LogP contribution in [0.1, 0.15) is 33.6 Å². The zero-order valence-corrected chi connectivity index (χ0v) is 11.1. The van der Waals surface area contributed by atoms with Crippen LogP contribution in [0.3, 0.4) is 0 Å². The van der Waals surface area contributed by atoms with Crippen LogP contribution in [-0.4, -0.2) is 37.7 Å². The second-order valence-corrected chi connectivity index (χ2v) is 5.96. The van der Waals surface area contributed by atoms with Crippen molar-refractivity contribution in [3.8, 4) is 0 Å². The lowest BCUT2D eigenvalue weighted by atomic mass is 10.0. The van der Waals surface area contributed by atoms with Gasteiger partial charge in [0.25, 0.3) is 0 Å². The van der Waals surface area contributed by atoms with Crippen molar-refractivity contribution < 1.29 is 9.53 Å². The molecule has 98 valence electrons. The minimum absolute atomic E-state index is 0.0158. The highest BCUT2D eigenvalue weighted by Crippen LogP contribution is 2.44. The predicted molar refractivity (Wildman–Crippen MR) is 66.7 cm³/mol. The fourth-order valence-electron chi connectivity index (χ4n) is 2.34. The molecule has 1 heterocycles. The highest BCUT2D eigenvalue weighted by Gasteiger charge is 2.48. The number of hydrogen-bond acceptors (Lipinski definition) is 3. The maximum atomic E-state index is 12.1. The van der Waals surface area contributed by atoms with Crippen LogP contribution in [0.25, 0.3) is 0 Å². The fraction of sp³-hybridized carbons (Fsp3) is 0.923. The van der Waals surface area contributed by atoms with E-state index in [1.807, 2.05) is 0 Å². The average molecular weight is 240 g/mol. The van der Waals surface area contributed by atoms with Crippen molar-refractivity contribution >= 4 is 5.91 Å². The van der Waals surface area contributed by atoms with Gasteiger partial charge in [0.05, 0.1) is 19.1 Å². The minimum Gasteiger partial charge on any atom is -0.379 e. The molecule has 3 unspecified atom stereocenters. The van der Waals surface area contributed by atoms with Gasteiger partial charge in [-0.2, -0.15) is 0 Å². The lowest BCUT2D eigenvalue weighted by molar-refractivity contribution is -0.125. The normalized spacial score (nSPS) is 34.6. The van der Waals surface area contributed by atoms with E-state index in [4.69, 9.17) is 4.74 Å². The lowest BCUT2D eigenvalue weighted by Crippen LogP contribution is -2.45. The van der Waals surface area contributed by atoms with Crippen LogP contribution in [0.5, 0.6) is 0 Å². The van der Waals surface area contributed by atoms with Gasteiger partial charge in [-0.1, -0.05) is 20.8 Å². The number of rotatable bonds is 5. The number of amides is 1. The van der Waals surface area contributed by atoms with Gasteiger partial charge >= 0.3 is 0 Å². The van der Waals surface area contributed by atoms with Crippen LogP contribution in [0.15, 0.2) is 0 Å². The number of ether oxygens (including phenoxy) is 1. The van der Waals surface area contributed by atoms with E-state index in [-0.39, 0.29) is 17.9 Å². The molecule has 1 aliphatic carbocycles. The van der Waals surface area contributed by atoms with Gasteiger partial charge in [0.2, 0.25) is 5.91 Å². The molecule has 1 saturated heterocycles. The Morgan fingerprint density at radius 3 is 2.71 bits per heavy atom. The Balaban J connectivity index is 1.81. The second-order valence-electron chi connectivity index (χ2n) is 5.96. The van der Waals surface area contributed by atoms with E-state index >= 15 is 0 Å². The first-order chi connectivity index (χ1) is 8.04. The van der Waals surface area contributed by atoms with Crippen LogP contribution in [0.4, 0.5) is 0 Å². The molecule has 0 aromatic heterocycles. The van der Waals surface area contributed by atoms with Crippen molar-refractivity contribution in [2.45, 2.75) is 45.7 Å². The minimum atomic E-state index is -0.0158. The number of hydrogen-bond donors (Lipinski definition) is 2.